The van der Waals surface area contributed by atoms with Crippen molar-refractivity contribution in [1.82, 2.24) is 5.32 Å². The van der Waals surface area contributed by atoms with Crippen molar-refractivity contribution in [1.29, 1.82) is 0 Å². The fraction of sp³-hybridized carbons (Fsp3) is 0.467. The highest BCUT2D eigenvalue weighted by Gasteiger charge is 2.17. The molecular weight excluding hydrogens is 256 g/mol. The fourth-order valence-corrected chi connectivity index (χ4v) is 1.86. The number of amides is 2. The van der Waals surface area contributed by atoms with Crippen LogP contribution in [-0.4, -0.2) is 32.1 Å². The lowest BCUT2D eigenvalue weighted by atomic mass is 9.98. The van der Waals surface area contributed by atoms with Crippen molar-refractivity contribution < 1.29 is 14.3 Å². The molecule has 0 saturated heterocycles. The highest BCUT2D eigenvalue weighted by Crippen LogP contribution is 2.27. The molecule has 5 heteroatoms. The van der Waals surface area contributed by atoms with Gasteiger partial charge in [-0.05, 0) is 24.0 Å². The van der Waals surface area contributed by atoms with Crippen molar-refractivity contribution in [3.05, 3.63) is 29.3 Å². The molecule has 0 fully saturated rings. The summed E-state index contributed by atoms with van der Waals surface area (Å²) >= 11 is 0. The van der Waals surface area contributed by atoms with Crippen molar-refractivity contribution in [3.8, 4) is 0 Å². The van der Waals surface area contributed by atoms with Crippen LogP contribution < -0.4 is 10.6 Å². The Hall–Kier alpha value is -1.88. The minimum absolute atomic E-state index is 0.266. The molecule has 0 aliphatic carbocycles. The Morgan fingerprint density at radius 2 is 1.95 bits per heavy atom. The van der Waals surface area contributed by atoms with Crippen LogP contribution in [0.15, 0.2) is 18.2 Å². The Morgan fingerprint density at radius 1 is 1.25 bits per heavy atom. The maximum absolute atomic E-state index is 11.9. The largest absolute Gasteiger partial charge is 0.383 e. The van der Waals surface area contributed by atoms with Crippen LogP contribution >= 0.6 is 0 Å². The van der Waals surface area contributed by atoms with E-state index in [1.165, 1.54) is 7.11 Å². The molecule has 0 radical (unpaired) electrons. The predicted molar refractivity (Wildman–Crippen MR) is 78.8 cm³/mol. The first-order chi connectivity index (χ1) is 9.47. The Bertz CT molecular complexity index is 484. The first-order valence-electron chi connectivity index (χ1n) is 6.65. The number of rotatable bonds is 5. The molecule has 1 aromatic rings. The van der Waals surface area contributed by atoms with E-state index in [-0.39, 0.29) is 5.92 Å². The topological polar surface area (TPSA) is 67.4 Å². The molecule has 110 valence electrons. The first-order valence-corrected chi connectivity index (χ1v) is 6.65. The zero-order valence-corrected chi connectivity index (χ0v) is 12.4. The summed E-state index contributed by atoms with van der Waals surface area (Å²) < 4.78 is 4.81. The van der Waals surface area contributed by atoms with Crippen molar-refractivity contribution in [2.45, 2.75) is 26.7 Å². The summed E-state index contributed by atoms with van der Waals surface area (Å²) in [5.41, 5.74) is 2.67. The Morgan fingerprint density at radius 3 is 2.55 bits per heavy atom. The molecule has 0 bridgehead atoms. The number of ether oxygens (including phenoxy) is 1. The summed E-state index contributed by atoms with van der Waals surface area (Å²) in [6.45, 7) is 6.69. The molecule has 0 unspecified atom stereocenters. The molecule has 0 atom stereocenters. The number of aryl methyl sites for hydroxylation is 1. The molecule has 0 aliphatic heterocycles. The normalized spacial score (nSPS) is 10.4. The Balaban J connectivity index is 2.77. The van der Waals surface area contributed by atoms with Gasteiger partial charge in [0.05, 0.1) is 6.61 Å². The van der Waals surface area contributed by atoms with E-state index in [0.717, 1.165) is 16.8 Å². The number of para-hydroxylation sites is 1. The van der Waals surface area contributed by atoms with E-state index in [2.05, 4.69) is 10.6 Å². The van der Waals surface area contributed by atoms with Gasteiger partial charge in [-0.25, -0.2) is 0 Å². The Kier molecular flexibility index (Phi) is 6.18. The van der Waals surface area contributed by atoms with E-state index in [4.69, 9.17) is 4.74 Å². The average Bonchev–Trinajstić information content (AvgIpc) is 2.40. The smallest absolute Gasteiger partial charge is 0.313 e. The number of hydrogen-bond donors (Lipinski definition) is 2. The monoisotopic (exact) mass is 278 g/mol. The molecule has 1 rings (SSSR count). The highest BCUT2D eigenvalue weighted by molar-refractivity contribution is 6.39. The van der Waals surface area contributed by atoms with Gasteiger partial charge in [-0.1, -0.05) is 32.0 Å². The summed E-state index contributed by atoms with van der Waals surface area (Å²) in [5.74, 6) is -1.04. The number of hydrogen-bond acceptors (Lipinski definition) is 3. The number of anilines is 1. The lowest BCUT2D eigenvalue weighted by Gasteiger charge is -2.16. The van der Waals surface area contributed by atoms with Gasteiger partial charge in [-0.15, -0.1) is 0 Å². The second-order valence-corrected chi connectivity index (χ2v) is 4.90. The SMILES string of the molecule is COCCNC(=O)C(=O)Nc1c(C)cccc1C(C)C. The van der Waals surface area contributed by atoms with Gasteiger partial charge in [0.1, 0.15) is 0 Å². The molecule has 0 saturated carbocycles. The summed E-state index contributed by atoms with van der Waals surface area (Å²) in [5, 5.41) is 5.19. The lowest BCUT2D eigenvalue weighted by Crippen LogP contribution is -2.37. The van der Waals surface area contributed by atoms with Gasteiger partial charge < -0.3 is 15.4 Å². The van der Waals surface area contributed by atoms with Crippen LogP contribution in [0.25, 0.3) is 0 Å². The maximum atomic E-state index is 11.9. The quantitative estimate of drug-likeness (QED) is 0.637. The molecular formula is C15H22N2O3. The number of methoxy groups -OCH3 is 1. The van der Waals surface area contributed by atoms with Crippen LogP contribution in [0.3, 0.4) is 0 Å². The van der Waals surface area contributed by atoms with Gasteiger partial charge in [-0.2, -0.15) is 0 Å². The fourth-order valence-electron chi connectivity index (χ4n) is 1.86. The van der Waals surface area contributed by atoms with Crippen LogP contribution in [0.5, 0.6) is 0 Å². The van der Waals surface area contributed by atoms with E-state index in [1.807, 2.05) is 39.0 Å². The van der Waals surface area contributed by atoms with Crippen LogP contribution in [-0.2, 0) is 14.3 Å². The molecule has 0 aliphatic rings. The molecule has 2 N–H and O–H groups in total. The van der Waals surface area contributed by atoms with E-state index >= 15 is 0 Å². The standard InChI is InChI=1S/C15H22N2O3/c1-10(2)12-7-5-6-11(3)13(12)17-15(19)14(18)16-8-9-20-4/h5-7,10H,8-9H2,1-4H3,(H,16,18)(H,17,19). The minimum atomic E-state index is -0.655. The summed E-state index contributed by atoms with van der Waals surface area (Å²) in [4.78, 5) is 23.5. The van der Waals surface area contributed by atoms with Gasteiger partial charge in [0.25, 0.3) is 0 Å². The third kappa shape index (κ3) is 4.35. The van der Waals surface area contributed by atoms with Crippen molar-refractivity contribution in [2.24, 2.45) is 0 Å². The van der Waals surface area contributed by atoms with E-state index in [0.29, 0.717) is 13.2 Å². The number of carbonyl (C=O) groups excluding carboxylic acids is 2. The molecule has 20 heavy (non-hydrogen) atoms. The highest BCUT2D eigenvalue weighted by atomic mass is 16.5. The summed E-state index contributed by atoms with van der Waals surface area (Å²) in [7, 11) is 1.54. The van der Waals surface area contributed by atoms with Crippen molar-refractivity contribution >= 4 is 17.5 Å². The third-order valence-electron chi connectivity index (χ3n) is 2.96. The molecule has 0 aromatic heterocycles. The lowest BCUT2D eigenvalue weighted by molar-refractivity contribution is -0.136. The maximum Gasteiger partial charge on any atom is 0.313 e. The van der Waals surface area contributed by atoms with Crippen molar-refractivity contribution in [3.63, 3.8) is 0 Å². The summed E-state index contributed by atoms with van der Waals surface area (Å²) in [6.07, 6.45) is 0. The van der Waals surface area contributed by atoms with Gasteiger partial charge >= 0.3 is 11.8 Å². The second-order valence-electron chi connectivity index (χ2n) is 4.90. The minimum Gasteiger partial charge on any atom is -0.383 e. The van der Waals surface area contributed by atoms with Gasteiger partial charge in [-0.3, -0.25) is 9.59 Å². The van der Waals surface area contributed by atoms with E-state index in [1.54, 1.807) is 0 Å². The predicted octanol–water partition coefficient (Wildman–Crippen LogP) is 1.82. The van der Waals surface area contributed by atoms with Crippen LogP contribution in [0.4, 0.5) is 5.69 Å². The molecule has 0 heterocycles. The third-order valence-corrected chi connectivity index (χ3v) is 2.96. The van der Waals surface area contributed by atoms with Crippen LogP contribution in [0, 0.1) is 6.92 Å². The molecule has 5 nitrogen and oxygen atoms in total. The number of benzene rings is 1. The molecule has 2 amide bonds. The molecule has 1 aromatic carbocycles. The average molecular weight is 278 g/mol. The number of nitrogens with one attached hydrogen (secondary N) is 2. The van der Waals surface area contributed by atoms with Gasteiger partial charge in [0.2, 0.25) is 0 Å². The van der Waals surface area contributed by atoms with Crippen LogP contribution in [0.2, 0.25) is 0 Å². The van der Waals surface area contributed by atoms with Gasteiger partial charge in [0, 0.05) is 19.3 Å². The molecule has 0 spiro atoms. The first kappa shape index (κ1) is 16.2. The van der Waals surface area contributed by atoms with Gasteiger partial charge in [0.15, 0.2) is 0 Å². The van der Waals surface area contributed by atoms with E-state index < -0.39 is 11.8 Å². The Labute approximate surface area is 119 Å². The zero-order valence-electron chi connectivity index (χ0n) is 12.4. The van der Waals surface area contributed by atoms with Crippen LogP contribution in [0.1, 0.15) is 30.9 Å². The summed E-state index contributed by atoms with van der Waals surface area (Å²) in [6, 6.07) is 5.80. The van der Waals surface area contributed by atoms with E-state index in [9.17, 15) is 9.59 Å². The zero-order chi connectivity index (χ0) is 15.1. The second kappa shape index (κ2) is 7.65. The van der Waals surface area contributed by atoms with Crippen molar-refractivity contribution in [2.75, 3.05) is 25.6 Å². The number of carbonyl (C=O) groups is 2.